The molecular weight excluding hydrogens is 387 g/mol. The van der Waals surface area contributed by atoms with Crippen molar-refractivity contribution in [1.29, 1.82) is 0 Å². The number of aromatic nitrogens is 1. The van der Waals surface area contributed by atoms with Gasteiger partial charge in [0.2, 0.25) is 0 Å². The van der Waals surface area contributed by atoms with Gasteiger partial charge in [-0.2, -0.15) is 0 Å². The number of nitrogens with zero attached hydrogens (tertiary/aromatic N) is 2. The minimum atomic E-state index is 0.696. The molecule has 0 amide bonds. The van der Waals surface area contributed by atoms with Crippen molar-refractivity contribution in [3.05, 3.63) is 36.0 Å². The van der Waals surface area contributed by atoms with Crippen LogP contribution in [0.25, 0.3) is 10.9 Å². The molecule has 3 nitrogen and oxygen atoms in total. The average Bonchev–Trinajstić information content (AvgIpc) is 2.56. The van der Waals surface area contributed by atoms with E-state index in [9.17, 15) is 0 Å². The van der Waals surface area contributed by atoms with Gasteiger partial charge in [-0.3, -0.25) is 9.88 Å². The van der Waals surface area contributed by atoms with E-state index in [1.165, 1.54) is 36.9 Å². The predicted molar refractivity (Wildman–Crippen MR) is 97.9 cm³/mol. The lowest BCUT2D eigenvalue weighted by molar-refractivity contribution is 0.0599. The molecule has 2 bridgehead atoms. The third kappa shape index (κ3) is 2.60. The van der Waals surface area contributed by atoms with Gasteiger partial charge in [-0.05, 0) is 61.6 Å². The smallest absolute Gasteiger partial charge is 0.119 e. The number of alkyl halides is 1. The van der Waals surface area contributed by atoms with Crippen molar-refractivity contribution >= 4 is 33.5 Å². The maximum atomic E-state index is 5.39. The number of methoxy groups -OCH3 is 1. The first-order valence-corrected chi connectivity index (χ1v) is 9.29. The van der Waals surface area contributed by atoms with E-state index in [4.69, 9.17) is 4.74 Å². The largest absolute Gasteiger partial charge is 0.497 e. The van der Waals surface area contributed by atoms with E-state index in [1.54, 1.807) is 7.11 Å². The molecule has 3 fully saturated rings. The zero-order chi connectivity index (χ0) is 15.1. The third-order valence-electron chi connectivity index (χ3n) is 5.29. The van der Waals surface area contributed by atoms with Crippen molar-refractivity contribution in [2.45, 2.75) is 29.2 Å². The predicted octanol–water partition coefficient (Wildman–Crippen LogP) is 3.68. The summed E-state index contributed by atoms with van der Waals surface area (Å²) in [6.07, 6.45) is 5.81. The van der Waals surface area contributed by atoms with E-state index < -0.39 is 0 Å². The molecule has 3 saturated heterocycles. The Bertz CT molecular complexity index is 690. The molecular formula is C18H21IN2O. The SMILES string of the molecule is COc1ccc2nccc(CC3CC4CCN3CC4I)c2c1. The van der Waals surface area contributed by atoms with Crippen molar-refractivity contribution < 1.29 is 4.74 Å². The van der Waals surface area contributed by atoms with Gasteiger partial charge in [-0.1, -0.05) is 22.6 Å². The normalized spacial score (nSPS) is 30.6. The molecule has 0 N–H and O–H groups in total. The maximum Gasteiger partial charge on any atom is 0.119 e. The van der Waals surface area contributed by atoms with Crippen LogP contribution in [0.1, 0.15) is 18.4 Å². The summed E-state index contributed by atoms with van der Waals surface area (Å²) in [6, 6.07) is 9.07. The Hall–Kier alpha value is -0.880. The van der Waals surface area contributed by atoms with E-state index in [0.29, 0.717) is 6.04 Å². The molecule has 1 aromatic carbocycles. The minimum absolute atomic E-state index is 0.696. The second-order valence-electron chi connectivity index (χ2n) is 6.51. The van der Waals surface area contributed by atoms with Gasteiger partial charge in [0.15, 0.2) is 0 Å². The molecule has 3 aliphatic rings. The molecule has 116 valence electrons. The maximum absolute atomic E-state index is 5.39. The van der Waals surface area contributed by atoms with Crippen LogP contribution in [0.4, 0.5) is 0 Å². The third-order valence-corrected chi connectivity index (χ3v) is 6.70. The lowest BCUT2D eigenvalue weighted by Gasteiger charge is -2.48. The summed E-state index contributed by atoms with van der Waals surface area (Å²) in [4.78, 5) is 7.20. The van der Waals surface area contributed by atoms with E-state index in [2.05, 4.69) is 50.7 Å². The highest BCUT2D eigenvalue weighted by Gasteiger charge is 2.38. The number of hydrogen-bond donors (Lipinski definition) is 0. The summed E-state index contributed by atoms with van der Waals surface area (Å²) in [7, 11) is 1.73. The Balaban J connectivity index is 1.64. The van der Waals surface area contributed by atoms with Crippen LogP contribution in [-0.4, -0.2) is 40.0 Å². The Labute approximate surface area is 145 Å². The number of halogens is 1. The Kier molecular flexibility index (Phi) is 3.98. The number of pyridine rings is 1. The number of piperidine rings is 3. The molecule has 0 radical (unpaired) electrons. The summed E-state index contributed by atoms with van der Waals surface area (Å²) in [5, 5.41) is 1.25. The lowest BCUT2D eigenvalue weighted by Crippen LogP contribution is -2.54. The number of fused-ring (bicyclic) bond motifs is 4. The summed E-state index contributed by atoms with van der Waals surface area (Å²) in [5.74, 6) is 1.83. The first kappa shape index (κ1) is 14.7. The van der Waals surface area contributed by atoms with Gasteiger partial charge in [0.05, 0.1) is 12.6 Å². The Morgan fingerprint density at radius 1 is 1.36 bits per heavy atom. The molecule has 4 atom stereocenters. The lowest BCUT2D eigenvalue weighted by atomic mass is 9.81. The fraction of sp³-hybridized carbons (Fsp3) is 0.500. The monoisotopic (exact) mass is 408 g/mol. The van der Waals surface area contributed by atoms with Crippen LogP contribution < -0.4 is 4.74 Å². The fourth-order valence-electron chi connectivity index (χ4n) is 4.03. The summed E-state index contributed by atoms with van der Waals surface area (Å²) in [6.45, 7) is 2.55. The number of rotatable bonds is 3. The summed E-state index contributed by atoms with van der Waals surface area (Å²) in [5.41, 5.74) is 2.48. The quantitative estimate of drug-likeness (QED) is 0.573. The van der Waals surface area contributed by atoms with Gasteiger partial charge < -0.3 is 4.74 Å². The van der Waals surface area contributed by atoms with Crippen molar-refractivity contribution in [3.63, 3.8) is 0 Å². The topological polar surface area (TPSA) is 25.4 Å². The molecule has 0 aliphatic carbocycles. The van der Waals surface area contributed by atoms with Gasteiger partial charge >= 0.3 is 0 Å². The minimum Gasteiger partial charge on any atom is -0.497 e. The van der Waals surface area contributed by atoms with Crippen molar-refractivity contribution in [2.75, 3.05) is 20.2 Å². The molecule has 22 heavy (non-hydrogen) atoms. The van der Waals surface area contributed by atoms with Crippen LogP contribution >= 0.6 is 22.6 Å². The van der Waals surface area contributed by atoms with Crippen LogP contribution in [0.5, 0.6) is 5.75 Å². The van der Waals surface area contributed by atoms with Gasteiger partial charge in [0.25, 0.3) is 0 Å². The van der Waals surface area contributed by atoms with Crippen molar-refractivity contribution in [2.24, 2.45) is 5.92 Å². The highest BCUT2D eigenvalue weighted by Crippen LogP contribution is 2.38. The van der Waals surface area contributed by atoms with Gasteiger partial charge in [-0.25, -0.2) is 0 Å². The van der Waals surface area contributed by atoms with Crippen LogP contribution in [-0.2, 0) is 6.42 Å². The first-order valence-electron chi connectivity index (χ1n) is 8.04. The average molecular weight is 408 g/mol. The molecule has 3 aliphatic heterocycles. The molecule has 5 rings (SSSR count). The second-order valence-corrected chi connectivity index (χ2v) is 8.11. The molecule has 1 aromatic heterocycles. The number of ether oxygens (including phenoxy) is 1. The molecule has 4 heterocycles. The summed E-state index contributed by atoms with van der Waals surface area (Å²) < 4.78 is 6.24. The Morgan fingerprint density at radius 2 is 2.27 bits per heavy atom. The van der Waals surface area contributed by atoms with E-state index in [-0.39, 0.29) is 0 Å². The number of benzene rings is 1. The van der Waals surface area contributed by atoms with Crippen LogP contribution in [0.15, 0.2) is 30.5 Å². The van der Waals surface area contributed by atoms with Gasteiger partial charge in [0.1, 0.15) is 5.75 Å². The van der Waals surface area contributed by atoms with Crippen molar-refractivity contribution in [1.82, 2.24) is 9.88 Å². The molecule has 0 spiro atoms. The van der Waals surface area contributed by atoms with Crippen LogP contribution in [0.2, 0.25) is 0 Å². The molecule has 2 aromatic rings. The fourth-order valence-corrected chi connectivity index (χ4v) is 5.19. The van der Waals surface area contributed by atoms with E-state index >= 15 is 0 Å². The van der Waals surface area contributed by atoms with E-state index in [1.807, 2.05) is 12.3 Å². The van der Waals surface area contributed by atoms with Gasteiger partial charge in [-0.15, -0.1) is 0 Å². The zero-order valence-electron chi connectivity index (χ0n) is 12.8. The molecule has 4 unspecified atom stereocenters. The van der Waals surface area contributed by atoms with Gasteiger partial charge in [0, 0.05) is 28.1 Å². The van der Waals surface area contributed by atoms with E-state index in [0.717, 1.165) is 27.5 Å². The van der Waals surface area contributed by atoms with Crippen LogP contribution in [0, 0.1) is 5.92 Å². The first-order chi connectivity index (χ1) is 10.7. The van der Waals surface area contributed by atoms with Crippen molar-refractivity contribution in [3.8, 4) is 5.75 Å². The van der Waals surface area contributed by atoms with Crippen LogP contribution in [0.3, 0.4) is 0 Å². The number of hydrogen-bond acceptors (Lipinski definition) is 3. The molecule has 4 heteroatoms. The second kappa shape index (κ2) is 5.96. The summed E-state index contributed by atoms with van der Waals surface area (Å²) >= 11 is 2.65. The highest BCUT2D eigenvalue weighted by molar-refractivity contribution is 14.1. The zero-order valence-corrected chi connectivity index (χ0v) is 15.0. The standard InChI is InChI=1S/C18H21IN2O/c1-22-15-2-3-18-16(10-15)12(4-6-20-18)8-14-9-13-5-7-21(14)11-17(13)19/h2-4,6,10,13-14,17H,5,7-9,11H2,1H3. The Morgan fingerprint density at radius 3 is 3.00 bits per heavy atom. The molecule has 0 saturated carbocycles. The highest BCUT2D eigenvalue weighted by atomic mass is 127.